The van der Waals surface area contributed by atoms with Gasteiger partial charge in [-0.05, 0) is 49.0 Å². The third kappa shape index (κ3) is 6.37. The molecule has 1 fully saturated rings. The van der Waals surface area contributed by atoms with Crippen LogP contribution in [0.2, 0.25) is 0 Å². The highest BCUT2D eigenvalue weighted by atomic mass is 32.2. The number of hydroxylamine groups is 1. The highest BCUT2D eigenvalue weighted by Crippen LogP contribution is 2.38. The average molecular weight is 592 g/mol. The zero-order chi connectivity index (χ0) is 29.9. The van der Waals surface area contributed by atoms with Gasteiger partial charge in [0, 0.05) is 51.0 Å². The van der Waals surface area contributed by atoms with Crippen LogP contribution in [0, 0.1) is 0 Å². The maximum atomic E-state index is 13.1. The van der Waals surface area contributed by atoms with Crippen LogP contribution in [0.15, 0.2) is 77.7 Å². The number of carboxylic acids is 1. The molecule has 12 heteroatoms. The van der Waals surface area contributed by atoms with Crippen LogP contribution in [0.4, 0.5) is 11.4 Å². The minimum atomic E-state index is -3.89. The molecule has 0 saturated carbocycles. The van der Waals surface area contributed by atoms with Gasteiger partial charge in [0.05, 0.1) is 34.0 Å². The van der Waals surface area contributed by atoms with Crippen molar-refractivity contribution < 1.29 is 28.0 Å². The number of aromatic carboxylic acids is 1. The van der Waals surface area contributed by atoms with Crippen molar-refractivity contribution >= 4 is 44.5 Å². The van der Waals surface area contributed by atoms with Crippen LogP contribution in [0.25, 0.3) is 11.3 Å². The van der Waals surface area contributed by atoms with Gasteiger partial charge in [-0.25, -0.2) is 13.2 Å². The monoisotopic (exact) mass is 591 g/mol. The van der Waals surface area contributed by atoms with E-state index in [1.165, 1.54) is 31.3 Å². The third-order valence-corrected chi connectivity index (χ3v) is 9.01. The number of carbonyl (C=O) groups excluding carboxylic acids is 1. The fourth-order valence-corrected chi connectivity index (χ4v) is 5.87. The Labute approximate surface area is 245 Å². The molecule has 2 aliphatic rings. The molecule has 3 N–H and O–H groups in total. The molecule has 0 aromatic heterocycles. The molecule has 1 saturated heterocycles. The van der Waals surface area contributed by atoms with E-state index in [1.807, 2.05) is 30.3 Å². The molecule has 1 amide bonds. The highest BCUT2D eigenvalue weighted by molar-refractivity contribution is 7.89. The van der Waals surface area contributed by atoms with Gasteiger partial charge in [-0.2, -0.15) is 0 Å². The number of sulfonamides is 1. The molecule has 3 aromatic rings. The molecule has 0 atom stereocenters. The van der Waals surface area contributed by atoms with Crippen molar-refractivity contribution in [3.05, 3.63) is 89.5 Å². The van der Waals surface area contributed by atoms with Crippen LogP contribution in [-0.2, 0) is 19.7 Å². The second-order valence-electron chi connectivity index (χ2n) is 10.2. The smallest absolute Gasteiger partial charge is 0.335 e. The van der Waals surface area contributed by atoms with Crippen molar-refractivity contribution in [3.8, 4) is 0 Å². The summed E-state index contributed by atoms with van der Waals surface area (Å²) in [5.74, 6) is -1.47. The number of hydrogen-bond donors (Lipinski definition) is 3. The fourth-order valence-electron chi connectivity index (χ4n) is 4.88. The normalized spacial score (nSPS) is 17.2. The van der Waals surface area contributed by atoms with E-state index in [0.29, 0.717) is 34.8 Å². The lowest BCUT2D eigenvalue weighted by Crippen LogP contribution is -2.46. The van der Waals surface area contributed by atoms with E-state index >= 15 is 0 Å². The van der Waals surface area contributed by atoms with Crippen molar-refractivity contribution in [2.75, 3.05) is 64.1 Å². The topological polar surface area (TPSA) is 132 Å². The number of carboxylic acid groups (broad SMARTS) is 1. The maximum Gasteiger partial charge on any atom is 0.335 e. The van der Waals surface area contributed by atoms with E-state index in [-0.39, 0.29) is 23.0 Å². The summed E-state index contributed by atoms with van der Waals surface area (Å²) in [4.78, 5) is 34.7. The van der Waals surface area contributed by atoms with Crippen molar-refractivity contribution in [1.82, 2.24) is 14.3 Å². The zero-order valence-corrected chi connectivity index (χ0v) is 24.2. The molecule has 0 aliphatic carbocycles. The molecular formula is C30H33N5O6S. The van der Waals surface area contributed by atoms with E-state index < -0.39 is 16.0 Å². The van der Waals surface area contributed by atoms with Gasteiger partial charge in [0.25, 0.3) is 15.9 Å². The summed E-state index contributed by atoms with van der Waals surface area (Å²) in [6.45, 7) is 4.68. The Balaban J connectivity index is 1.35. The first-order valence-corrected chi connectivity index (χ1v) is 15.0. The summed E-state index contributed by atoms with van der Waals surface area (Å²) in [6, 6.07) is 19.9. The Morgan fingerprint density at radius 2 is 1.69 bits per heavy atom. The van der Waals surface area contributed by atoms with Crippen molar-refractivity contribution in [2.24, 2.45) is 0 Å². The maximum absolute atomic E-state index is 13.1. The van der Waals surface area contributed by atoms with Crippen molar-refractivity contribution in [1.29, 1.82) is 0 Å². The predicted octanol–water partition coefficient (Wildman–Crippen LogP) is 3.12. The van der Waals surface area contributed by atoms with Crippen LogP contribution in [-0.4, -0.2) is 93.1 Å². The first kappa shape index (κ1) is 29.4. The van der Waals surface area contributed by atoms with Crippen LogP contribution < -0.4 is 10.6 Å². The van der Waals surface area contributed by atoms with Crippen LogP contribution >= 0.6 is 0 Å². The van der Waals surface area contributed by atoms with Gasteiger partial charge in [-0.3, -0.25) is 14.5 Å². The number of rotatable bonds is 10. The van der Waals surface area contributed by atoms with Crippen molar-refractivity contribution in [3.63, 3.8) is 0 Å². The number of piperazine rings is 1. The Morgan fingerprint density at radius 3 is 2.36 bits per heavy atom. The summed E-state index contributed by atoms with van der Waals surface area (Å²) in [5, 5.41) is 15.4. The molecular weight excluding hydrogens is 558 g/mol. The predicted molar refractivity (Wildman–Crippen MR) is 160 cm³/mol. The lowest BCUT2D eigenvalue weighted by molar-refractivity contribution is -0.110. The molecule has 2 heterocycles. The number of likely N-dealkylation sites (N-methyl/N-ethyl adjacent to an activating group) is 1. The van der Waals surface area contributed by atoms with Gasteiger partial charge in [0.1, 0.15) is 0 Å². The molecule has 42 heavy (non-hydrogen) atoms. The number of hydrogen-bond acceptors (Lipinski definition) is 8. The average Bonchev–Trinajstić information content (AvgIpc) is 3.32. The van der Waals surface area contributed by atoms with Crippen LogP contribution in [0.1, 0.15) is 21.5 Å². The molecule has 3 aromatic carbocycles. The Hall–Kier alpha value is -4.07. The molecule has 220 valence electrons. The third-order valence-electron chi connectivity index (χ3n) is 7.36. The lowest BCUT2D eigenvalue weighted by Gasteiger charge is -2.32. The number of nitrogens with one attached hydrogen (secondary N) is 2. The summed E-state index contributed by atoms with van der Waals surface area (Å²) in [7, 11) is -0.426. The number of amides is 1. The zero-order valence-electron chi connectivity index (χ0n) is 23.4. The van der Waals surface area contributed by atoms with Gasteiger partial charge >= 0.3 is 5.97 Å². The number of fused-ring (bicyclic) bond motifs is 1. The first-order chi connectivity index (χ1) is 20.1. The molecule has 11 nitrogen and oxygen atoms in total. The van der Waals surface area contributed by atoms with E-state index in [0.717, 1.165) is 36.2 Å². The number of nitrogens with zero attached hydrogens (tertiary/aromatic N) is 3. The fraction of sp³-hybridized carbons (Fsp3) is 0.267. The number of carbonyl (C=O) groups is 2. The van der Waals surface area contributed by atoms with Crippen molar-refractivity contribution in [2.45, 2.75) is 4.90 Å². The summed E-state index contributed by atoms with van der Waals surface area (Å²) in [5.41, 5.74) is 3.15. The number of benzene rings is 3. The second kappa shape index (κ2) is 12.4. The van der Waals surface area contributed by atoms with Crippen LogP contribution in [0.3, 0.4) is 0 Å². The minimum Gasteiger partial charge on any atom is -0.478 e. The Morgan fingerprint density at radius 1 is 1.00 bits per heavy atom. The van der Waals surface area contributed by atoms with Gasteiger partial charge in [-0.15, -0.1) is 0 Å². The minimum absolute atomic E-state index is 0.0641. The largest absolute Gasteiger partial charge is 0.478 e. The Bertz CT molecular complexity index is 1600. The van der Waals surface area contributed by atoms with E-state index in [2.05, 4.69) is 27.5 Å². The molecule has 5 rings (SSSR count). The second-order valence-corrected chi connectivity index (χ2v) is 12.1. The SMILES string of the molecule is CN1CCN(CCON(C)S(=O)(=O)c2ccc(N/C(=C3/C(=O)Nc4cc(C(=O)O)ccc43)c3ccccc3)cc2)CC1. The number of anilines is 2. The quantitative estimate of drug-likeness (QED) is 0.240. The standard InChI is InChI=1S/C30H33N5O6S/c1-33-14-16-35(17-15-33)18-19-41-34(2)42(39,40)24-11-9-23(10-12-24)31-28(21-6-4-3-5-7-21)27-25-13-8-22(30(37)38)20-26(25)32-29(27)36/h3-13,20,31H,14-19H2,1-2H3,(H,32,36)(H,37,38)/b28-27+. The molecule has 0 bridgehead atoms. The van der Waals surface area contributed by atoms with Gasteiger partial charge in [0.15, 0.2) is 0 Å². The highest BCUT2D eigenvalue weighted by Gasteiger charge is 2.29. The van der Waals surface area contributed by atoms with Gasteiger partial charge in [-0.1, -0.05) is 40.9 Å². The first-order valence-electron chi connectivity index (χ1n) is 13.5. The molecule has 0 radical (unpaired) electrons. The van der Waals surface area contributed by atoms with Gasteiger partial charge in [0.2, 0.25) is 0 Å². The molecule has 2 aliphatic heterocycles. The van der Waals surface area contributed by atoms with E-state index in [1.54, 1.807) is 18.2 Å². The summed E-state index contributed by atoms with van der Waals surface area (Å²) >= 11 is 0. The summed E-state index contributed by atoms with van der Waals surface area (Å²) < 4.78 is 27.2. The van der Waals surface area contributed by atoms with Gasteiger partial charge < -0.3 is 20.6 Å². The molecule has 0 spiro atoms. The van der Waals surface area contributed by atoms with Crippen LogP contribution in [0.5, 0.6) is 0 Å². The Kier molecular flexibility index (Phi) is 8.71. The van der Waals surface area contributed by atoms with E-state index in [9.17, 15) is 23.1 Å². The van der Waals surface area contributed by atoms with E-state index in [4.69, 9.17) is 4.84 Å². The summed E-state index contributed by atoms with van der Waals surface area (Å²) in [6.07, 6.45) is 0. The lowest BCUT2D eigenvalue weighted by atomic mass is 9.99. The molecule has 0 unspecified atom stereocenters.